The van der Waals surface area contributed by atoms with Gasteiger partial charge in [0, 0.05) is 0 Å². The molecule has 1 amide bonds. The van der Waals surface area contributed by atoms with E-state index in [1.165, 1.54) is 0 Å². The molecule has 1 N–H and O–H groups in total. The summed E-state index contributed by atoms with van der Waals surface area (Å²) in [6.45, 7) is 4.64. The third kappa shape index (κ3) is 3.78. The van der Waals surface area contributed by atoms with Crippen LogP contribution >= 0.6 is 0 Å². The number of rotatable bonds is 5. The lowest BCUT2D eigenvalue weighted by molar-refractivity contribution is -0.137. The minimum atomic E-state index is -1.01. The highest BCUT2D eigenvalue weighted by Crippen LogP contribution is 2.29. The second kappa shape index (κ2) is 8.15. The first kappa shape index (κ1) is 18.1. The summed E-state index contributed by atoms with van der Waals surface area (Å²) < 4.78 is 5.61. The summed E-state index contributed by atoms with van der Waals surface area (Å²) in [5.41, 5.74) is 1.70. The molecule has 1 heterocycles. The Bertz CT molecular complexity index is 761. The molecule has 3 rings (SSSR count). The number of amides is 1. The van der Waals surface area contributed by atoms with Crippen LogP contribution in [0.3, 0.4) is 0 Å². The van der Waals surface area contributed by atoms with Gasteiger partial charge in [0.15, 0.2) is 6.04 Å². The molecule has 26 heavy (non-hydrogen) atoms. The minimum Gasteiger partial charge on any atom is -0.480 e. The van der Waals surface area contributed by atoms with E-state index < -0.39 is 12.1 Å². The molecule has 136 valence electrons. The molecule has 0 saturated carbocycles. The van der Waals surface area contributed by atoms with E-state index in [1.54, 1.807) is 17.0 Å². The average molecular weight is 352 g/mol. The van der Waals surface area contributed by atoms with Crippen LogP contribution in [-0.2, 0) is 9.53 Å². The number of ether oxygens (including phenoxy) is 1. The second-order valence-corrected chi connectivity index (χ2v) is 6.31. The summed E-state index contributed by atoms with van der Waals surface area (Å²) >= 11 is 0. The summed E-state index contributed by atoms with van der Waals surface area (Å²) in [4.78, 5) is 19.2. The normalized spacial score (nSPS) is 19.7. The van der Waals surface area contributed by atoms with Gasteiger partial charge in [0.05, 0.1) is 19.2 Å². The van der Waals surface area contributed by atoms with E-state index >= 15 is 0 Å². The fraction of sp³-hybridized carbons (Fsp3) is 0.333. The Labute approximate surface area is 153 Å². The average Bonchev–Trinajstić information content (AvgIpc) is 2.69. The first-order chi connectivity index (χ1) is 12.6. The van der Waals surface area contributed by atoms with Gasteiger partial charge in [-0.3, -0.25) is 4.79 Å². The minimum absolute atomic E-state index is 0.139. The van der Waals surface area contributed by atoms with Gasteiger partial charge in [-0.15, -0.1) is 0 Å². The largest absolute Gasteiger partial charge is 0.480 e. The van der Waals surface area contributed by atoms with Crippen molar-refractivity contribution in [2.45, 2.75) is 32.0 Å². The lowest BCUT2D eigenvalue weighted by Gasteiger charge is -2.36. The maximum absolute atomic E-state index is 13.1. The molecule has 0 spiro atoms. The molecule has 1 aliphatic heterocycles. The molecule has 1 aliphatic rings. The SMILES string of the molecule is CCOC1=N[C@@H]([C@@H](O)c2ccccc2)C(=O)N([C@@H](C)c2ccccc2)C1. The maximum atomic E-state index is 13.1. The number of carbonyl (C=O) groups excluding carboxylic acids is 1. The standard InChI is InChI=1S/C21H24N2O3/c1-3-26-18-14-23(15(2)16-10-6-4-7-11-16)21(25)19(22-18)20(24)17-12-8-5-9-13-17/h4-13,15,19-20,24H,3,14H2,1-2H3/t15-,19-,20-/m0/s1. The van der Waals surface area contributed by atoms with Crippen molar-refractivity contribution >= 4 is 11.8 Å². The summed E-state index contributed by atoms with van der Waals surface area (Å²) in [6.07, 6.45) is -1.01. The summed E-state index contributed by atoms with van der Waals surface area (Å²) in [5.74, 6) is 0.288. The van der Waals surface area contributed by atoms with Gasteiger partial charge < -0.3 is 14.7 Å². The number of carbonyl (C=O) groups is 1. The highest BCUT2D eigenvalue weighted by atomic mass is 16.5. The van der Waals surface area contributed by atoms with Crippen LogP contribution in [0.4, 0.5) is 0 Å². The molecular formula is C21H24N2O3. The summed E-state index contributed by atoms with van der Waals surface area (Å²) in [6, 6.07) is 17.9. The Kier molecular flexibility index (Phi) is 5.68. The number of aliphatic hydroxyl groups excluding tert-OH is 1. The van der Waals surface area contributed by atoms with Crippen LogP contribution in [0.5, 0.6) is 0 Å². The summed E-state index contributed by atoms with van der Waals surface area (Å²) in [7, 11) is 0. The maximum Gasteiger partial charge on any atom is 0.251 e. The van der Waals surface area contributed by atoms with Crippen molar-refractivity contribution in [1.29, 1.82) is 0 Å². The first-order valence-corrected chi connectivity index (χ1v) is 8.89. The predicted molar refractivity (Wildman–Crippen MR) is 101 cm³/mol. The zero-order valence-electron chi connectivity index (χ0n) is 15.1. The lowest BCUT2D eigenvalue weighted by atomic mass is 9.98. The first-order valence-electron chi connectivity index (χ1n) is 8.89. The molecule has 0 bridgehead atoms. The molecule has 5 nitrogen and oxygen atoms in total. The highest BCUT2D eigenvalue weighted by molar-refractivity contribution is 5.94. The Morgan fingerprint density at radius 2 is 1.69 bits per heavy atom. The number of aliphatic imine (C=N–C) groups is 1. The van der Waals surface area contributed by atoms with Crippen LogP contribution < -0.4 is 0 Å². The van der Waals surface area contributed by atoms with Gasteiger partial charge in [0.2, 0.25) is 5.90 Å². The molecule has 0 aliphatic carbocycles. The second-order valence-electron chi connectivity index (χ2n) is 6.31. The Balaban J connectivity index is 1.91. The Morgan fingerprint density at radius 3 is 2.27 bits per heavy atom. The van der Waals surface area contributed by atoms with Crippen LogP contribution in [0.1, 0.15) is 37.1 Å². The van der Waals surface area contributed by atoms with Crippen molar-refractivity contribution in [3.8, 4) is 0 Å². The van der Waals surface area contributed by atoms with E-state index in [0.717, 1.165) is 5.56 Å². The smallest absolute Gasteiger partial charge is 0.251 e. The fourth-order valence-corrected chi connectivity index (χ4v) is 3.17. The molecule has 0 saturated heterocycles. The third-order valence-corrected chi connectivity index (χ3v) is 4.63. The van der Waals surface area contributed by atoms with Gasteiger partial charge in [-0.2, -0.15) is 0 Å². The van der Waals surface area contributed by atoms with E-state index in [1.807, 2.05) is 62.4 Å². The van der Waals surface area contributed by atoms with Crippen LogP contribution in [0.25, 0.3) is 0 Å². The van der Waals surface area contributed by atoms with Gasteiger partial charge in [0.25, 0.3) is 5.91 Å². The number of nitrogens with zero attached hydrogens (tertiary/aromatic N) is 2. The number of aliphatic hydroxyl groups is 1. The van der Waals surface area contributed by atoms with Gasteiger partial charge in [-0.05, 0) is 25.0 Å². The van der Waals surface area contributed by atoms with Crippen molar-refractivity contribution in [2.75, 3.05) is 13.2 Å². The van der Waals surface area contributed by atoms with Crippen molar-refractivity contribution in [2.24, 2.45) is 4.99 Å². The zero-order valence-corrected chi connectivity index (χ0v) is 15.1. The molecule has 0 aromatic heterocycles. The molecule has 0 unspecified atom stereocenters. The predicted octanol–water partition coefficient (Wildman–Crippen LogP) is 3.13. The molecule has 0 radical (unpaired) electrons. The number of hydrogen-bond donors (Lipinski definition) is 1. The molecule has 0 fully saturated rings. The van der Waals surface area contributed by atoms with Gasteiger partial charge >= 0.3 is 0 Å². The van der Waals surface area contributed by atoms with Crippen LogP contribution in [-0.4, -0.2) is 41.0 Å². The van der Waals surface area contributed by atoms with E-state index in [9.17, 15) is 9.90 Å². The molecule has 3 atom stereocenters. The van der Waals surface area contributed by atoms with Crippen LogP contribution in [0.2, 0.25) is 0 Å². The van der Waals surface area contributed by atoms with E-state index in [4.69, 9.17) is 4.74 Å². The van der Waals surface area contributed by atoms with Crippen LogP contribution in [0, 0.1) is 0 Å². The highest BCUT2D eigenvalue weighted by Gasteiger charge is 2.38. The molecule has 2 aromatic rings. The van der Waals surface area contributed by atoms with Crippen molar-refractivity contribution in [3.63, 3.8) is 0 Å². The topological polar surface area (TPSA) is 62.1 Å². The number of benzene rings is 2. The zero-order chi connectivity index (χ0) is 18.5. The van der Waals surface area contributed by atoms with Crippen molar-refractivity contribution < 1.29 is 14.6 Å². The fourth-order valence-electron chi connectivity index (χ4n) is 3.17. The van der Waals surface area contributed by atoms with E-state index in [-0.39, 0.29) is 11.9 Å². The third-order valence-electron chi connectivity index (χ3n) is 4.63. The number of hydrogen-bond acceptors (Lipinski definition) is 4. The Morgan fingerprint density at radius 1 is 1.12 bits per heavy atom. The van der Waals surface area contributed by atoms with Crippen LogP contribution in [0.15, 0.2) is 65.7 Å². The summed E-state index contributed by atoms with van der Waals surface area (Å²) in [5, 5.41) is 10.8. The lowest BCUT2D eigenvalue weighted by Crippen LogP contribution is -2.49. The monoisotopic (exact) mass is 352 g/mol. The molecule has 5 heteroatoms. The van der Waals surface area contributed by atoms with Gasteiger partial charge in [-0.25, -0.2) is 4.99 Å². The van der Waals surface area contributed by atoms with E-state index in [2.05, 4.69) is 4.99 Å². The Hall–Kier alpha value is -2.66. The van der Waals surface area contributed by atoms with Gasteiger partial charge in [-0.1, -0.05) is 60.7 Å². The molecular weight excluding hydrogens is 328 g/mol. The van der Waals surface area contributed by atoms with E-state index in [0.29, 0.717) is 24.6 Å². The molecule has 2 aromatic carbocycles. The van der Waals surface area contributed by atoms with Crippen molar-refractivity contribution in [1.82, 2.24) is 4.90 Å². The quantitative estimate of drug-likeness (QED) is 0.899. The van der Waals surface area contributed by atoms with Crippen molar-refractivity contribution in [3.05, 3.63) is 71.8 Å². The van der Waals surface area contributed by atoms with Gasteiger partial charge in [0.1, 0.15) is 6.10 Å².